The van der Waals surface area contributed by atoms with Gasteiger partial charge in [0.15, 0.2) is 5.76 Å². The second kappa shape index (κ2) is 6.27. The molecular formula is C12H18N2O6S. The first-order valence-electron chi connectivity index (χ1n) is 6.16. The van der Waals surface area contributed by atoms with Gasteiger partial charge in [0.25, 0.3) is 5.91 Å². The third kappa shape index (κ3) is 4.87. The molecule has 1 rings (SSSR count). The van der Waals surface area contributed by atoms with Gasteiger partial charge in [-0.2, -0.15) is 0 Å². The highest BCUT2D eigenvalue weighted by Crippen LogP contribution is 2.13. The van der Waals surface area contributed by atoms with Crippen LogP contribution in [0, 0.1) is 0 Å². The van der Waals surface area contributed by atoms with Gasteiger partial charge in [-0.15, -0.1) is 0 Å². The minimum atomic E-state index is -3.37. The van der Waals surface area contributed by atoms with Gasteiger partial charge in [-0.1, -0.05) is 6.92 Å². The van der Waals surface area contributed by atoms with E-state index in [0.29, 0.717) is 0 Å². The van der Waals surface area contributed by atoms with Crippen LogP contribution in [0.5, 0.6) is 0 Å². The molecule has 0 aliphatic heterocycles. The second-order valence-electron chi connectivity index (χ2n) is 4.80. The maximum absolute atomic E-state index is 11.9. The molecule has 9 heteroatoms. The number of carbonyl (C=O) groups is 2. The lowest BCUT2D eigenvalue weighted by atomic mass is 9.99. The predicted molar refractivity (Wildman–Crippen MR) is 74.2 cm³/mol. The van der Waals surface area contributed by atoms with E-state index in [1.54, 1.807) is 6.92 Å². The number of sulfonamides is 1. The fourth-order valence-electron chi connectivity index (χ4n) is 1.40. The van der Waals surface area contributed by atoms with E-state index in [-0.39, 0.29) is 24.5 Å². The van der Waals surface area contributed by atoms with Crippen LogP contribution in [0.2, 0.25) is 0 Å². The molecule has 0 spiro atoms. The molecule has 1 atom stereocenters. The van der Waals surface area contributed by atoms with Gasteiger partial charge in [-0.25, -0.2) is 17.9 Å². The lowest BCUT2D eigenvalue weighted by molar-refractivity contribution is -0.143. The zero-order chi connectivity index (χ0) is 16.3. The molecule has 1 amide bonds. The summed E-state index contributed by atoms with van der Waals surface area (Å²) in [5.41, 5.74) is -1.39. The van der Waals surface area contributed by atoms with Gasteiger partial charge < -0.3 is 14.8 Å². The molecule has 1 aromatic rings. The van der Waals surface area contributed by atoms with Crippen LogP contribution >= 0.6 is 0 Å². The largest absolute Gasteiger partial charge is 0.480 e. The Morgan fingerprint density at radius 2 is 2.00 bits per heavy atom. The van der Waals surface area contributed by atoms with Crippen molar-refractivity contribution in [3.63, 3.8) is 0 Å². The molecule has 1 heterocycles. The highest BCUT2D eigenvalue weighted by atomic mass is 32.2. The number of hydrogen-bond acceptors (Lipinski definition) is 5. The molecule has 1 aromatic heterocycles. The molecule has 8 nitrogen and oxygen atoms in total. The Kier molecular flexibility index (Phi) is 5.13. The van der Waals surface area contributed by atoms with E-state index in [2.05, 4.69) is 10.0 Å². The number of nitrogens with one attached hydrogen (secondary N) is 2. The highest BCUT2D eigenvalue weighted by molar-refractivity contribution is 7.88. The quantitative estimate of drug-likeness (QED) is 0.664. The minimum absolute atomic E-state index is 0.0822. The van der Waals surface area contributed by atoms with Crippen LogP contribution in [0.3, 0.4) is 0 Å². The molecule has 0 fully saturated rings. The van der Waals surface area contributed by atoms with Crippen LogP contribution < -0.4 is 10.0 Å². The molecule has 0 radical (unpaired) electrons. The van der Waals surface area contributed by atoms with Crippen molar-refractivity contribution < 1.29 is 27.5 Å². The van der Waals surface area contributed by atoms with Crippen LogP contribution in [-0.2, 0) is 21.4 Å². The molecule has 0 aliphatic rings. The minimum Gasteiger partial charge on any atom is -0.480 e. The molecule has 0 aliphatic carbocycles. The Balaban J connectivity index is 2.77. The molecule has 21 heavy (non-hydrogen) atoms. The smallest absolute Gasteiger partial charge is 0.329 e. The first kappa shape index (κ1) is 17.2. The van der Waals surface area contributed by atoms with Gasteiger partial charge in [0, 0.05) is 0 Å². The van der Waals surface area contributed by atoms with Crippen molar-refractivity contribution in [3.05, 3.63) is 23.7 Å². The standard InChI is InChI=1S/C12H18N2O6S/c1-4-12(2,11(16)17)14-10(15)9-6-5-8(20-9)7-13-21(3,18)19/h5-6,13H,4,7H2,1-3H3,(H,14,15)(H,16,17). The normalized spacial score (nSPS) is 14.4. The van der Waals surface area contributed by atoms with Crippen molar-refractivity contribution in [2.24, 2.45) is 0 Å². The summed E-state index contributed by atoms with van der Waals surface area (Å²) in [5.74, 6) is -1.66. The summed E-state index contributed by atoms with van der Waals surface area (Å²) in [6, 6.07) is 2.80. The van der Waals surface area contributed by atoms with Crippen molar-refractivity contribution in [2.45, 2.75) is 32.4 Å². The number of furan rings is 1. The number of hydrogen-bond donors (Lipinski definition) is 3. The number of carboxylic acids is 1. The SMILES string of the molecule is CCC(C)(NC(=O)c1ccc(CNS(C)(=O)=O)o1)C(=O)O. The summed E-state index contributed by atoms with van der Waals surface area (Å²) in [4.78, 5) is 23.0. The van der Waals surface area contributed by atoms with E-state index >= 15 is 0 Å². The Bertz CT molecular complexity index is 636. The van der Waals surface area contributed by atoms with Crippen molar-refractivity contribution in [2.75, 3.05) is 6.26 Å². The number of carboxylic acid groups (broad SMARTS) is 1. The van der Waals surface area contributed by atoms with Gasteiger partial charge in [0.2, 0.25) is 10.0 Å². The van der Waals surface area contributed by atoms with E-state index in [9.17, 15) is 18.0 Å². The number of rotatable bonds is 7. The van der Waals surface area contributed by atoms with Crippen molar-refractivity contribution in [3.8, 4) is 0 Å². The zero-order valence-electron chi connectivity index (χ0n) is 12.0. The zero-order valence-corrected chi connectivity index (χ0v) is 12.8. The predicted octanol–water partition coefficient (Wildman–Crippen LogP) is 0.312. The molecule has 3 N–H and O–H groups in total. The van der Waals surface area contributed by atoms with E-state index in [1.165, 1.54) is 19.1 Å². The fraction of sp³-hybridized carbons (Fsp3) is 0.500. The molecule has 1 unspecified atom stereocenters. The van der Waals surface area contributed by atoms with Crippen LogP contribution in [0.15, 0.2) is 16.5 Å². The van der Waals surface area contributed by atoms with E-state index in [0.717, 1.165) is 6.26 Å². The van der Waals surface area contributed by atoms with Gasteiger partial charge in [-0.05, 0) is 25.5 Å². The van der Waals surface area contributed by atoms with Crippen molar-refractivity contribution in [1.82, 2.24) is 10.0 Å². The van der Waals surface area contributed by atoms with Crippen LogP contribution in [0.4, 0.5) is 0 Å². The monoisotopic (exact) mass is 318 g/mol. The lowest BCUT2D eigenvalue weighted by Crippen LogP contribution is -2.51. The first-order valence-corrected chi connectivity index (χ1v) is 8.06. The fourth-order valence-corrected chi connectivity index (χ4v) is 1.81. The summed E-state index contributed by atoms with van der Waals surface area (Å²) >= 11 is 0. The van der Waals surface area contributed by atoms with Crippen molar-refractivity contribution in [1.29, 1.82) is 0 Å². The third-order valence-corrected chi connectivity index (χ3v) is 3.63. The third-order valence-electron chi connectivity index (χ3n) is 2.96. The van der Waals surface area contributed by atoms with E-state index in [4.69, 9.17) is 9.52 Å². The molecular weight excluding hydrogens is 300 g/mol. The van der Waals surface area contributed by atoms with E-state index in [1.807, 2.05) is 0 Å². The summed E-state index contributed by atoms with van der Waals surface area (Å²) in [7, 11) is -3.37. The topological polar surface area (TPSA) is 126 Å². The summed E-state index contributed by atoms with van der Waals surface area (Å²) < 4.78 is 29.3. The van der Waals surface area contributed by atoms with Crippen LogP contribution in [-0.4, -0.2) is 37.2 Å². The molecule has 0 aromatic carbocycles. The summed E-state index contributed by atoms with van der Waals surface area (Å²) in [6.45, 7) is 2.94. The van der Waals surface area contributed by atoms with Crippen LogP contribution in [0.25, 0.3) is 0 Å². The average Bonchev–Trinajstić information content (AvgIpc) is 2.84. The van der Waals surface area contributed by atoms with Gasteiger partial charge in [0.1, 0.15) is 11.3 Å². The Morgan fingerprint density at radius 3 is 2.48 bits per heavy atom. The first-order chi connectivity index (χ1) is 9.57. The maximum Gasteiger partial charge on any atom is 0.329 e. The average molecular weight is 318 g/mol. The van der Waals surface area contributed by atoms with Gasteiger partial charge in [0.05, 0.1) is 12.8 Å². The van der Waals surface area contributed by atoms with Gasteiger partial charge in [-0.3, -0.25) is 4.79 Å². The Labute approximate surface area is 122 Å². The highest BCUT2D eigenvalue weighted by Gasteiger charge is 2.33. The van der Waals surface area contributed by atoms with Gasteiger partial charge >= 0.3 is 5.97 Å². The summed E-state index contributed by atoms with van der Waals surface area (Å²) in [5, 5.41) is 11.5. The number of carbonyl (C=O) groups excluding carboxylic acids is 1. The lowest BCUT2D eigenvalue weighted by Gasteiger charge is -2.23. The molecule has 0 saturated carbocycles. The Morgan fingerprint density at radius 1 is 1.38 bits per heavy atom. The van der Waals surface area contributed by atoms with Crippen molar-refractivity contribution >= 4 is 21.9 Å². The van der Waals surface area contributed by atoms with E-state index < -0.39 is 27.4 Å². The number of aliphatic carboxylic acids is 1. The second-order valence-corrected chi connectivity index (χ2v) is 6.64. The van der Waals surface area contributed by atoms with Crippen LogP contribution in [0.1, 0.15) is 36.6 Å². The molecule has 118 valence electrons. The number of amides is 1. The summed E-state index contributed by atoms with van der Waals surface area (Å²) in [6.07, 6.45) is 1.21. The Hall–Kier alpha value is -1.87. The maximum atomic E-state index is 11.9. The molecule has 0 saturated heterocycles. The molecule has 0 bridgehead atoms.